The Labute approximate surface area is 152 Å². The van der Waals surface area contributed by atoms with Crippen molar-refractivity contribution in [1.29, 1.82) is 0 Å². The van der Waals surface area contributed by atoms with Gasteiger partial charge in [-0.05, 0) is 6.07 Å². The van der Waals surface area contributed by atoms with Crippen LogP contribution in [0.15, 0.2) is 28.0 Å². The zero-order valence-corrected chi connectivity index (χ0v) is 16.1. The van der Waals surface area contributed by atoms with E-state index in [-0.39, 0.29) is 28.8 Å². The molecular weight excluding hydrogens is 358 g/mol. The van der Waals surface area contributed by atoms with Crippen molar-refractivity contribution in [2.24, 2.45) is 0 Å². The minimum atomic E-state index is -3.67. The van der Waals surface area contributed by atoms with Crippen LogP contribution in [0, 0.1) is 0 Å². The fourth-order valence-electron chi connectivity index (χ4n) is 2.35. The van der Waals surface area contributed by atoms with Crippen LogP contribution < -0.4 is 16.2 Å². The molecule has 2 rings (SSSR count). The fourth-order valence-corrected chi connectivity index (χ4v) is 3.82. The van der Waals surface area contributed by atoms with Gasteiger partial charge in [-0.3, -0.25) is 4.79 Å². The topological polar surface area (TPSA) is 127 Å². The number of anilines is 2. The maximum Gasteiger partial charge on any atom is 0.251 e. The van der Waals surface area contributed by atoms with Crippen LogP contribution in [-0.2, 0) is 16.6 Å². The van der Waals surface area contributed by atoms with Gasteiger partial charge < -0.3 is 15.2 Å². The maximum atomic E-state index is 12.7. The van der Waals surface area contributed by atoms with Gasteiger partial charge in [-0.2, -0.15) is 19.3 Å². The second-order valence-corrected chi connectivity index (χ2v) is 7.66. The summed E-state index contributed by atoms with van der Waals surface area (Å²) in [6, 6.07) is 2.52. The van der Waals surface area contributed by atoms with Gasteiger partial charge in [0, 0.05) is 39.4 Å². The molecule has 0 radical (unpaired) electrons. The largest absolute Gasteiger partial charge is 0.368 e. The maximum absolute atomic E-state index is 12.7. The van der Waals surface area contributed by atoms with Crippen molar-refractivity contribution < 1.29 is 8.42 Å². The van der Waals surface area contributed by atoms with E-state index in [4.69, 9.17) is 5.73 Å². The van der Waals surface area contributed by atoms with Gasteiger partial charge in [-0.25, -0.2) is 8.42 Å². The van der Waals surface area contributed by atoms with E-state index in [1.807, 2.05) is 0 Å². The van der Waals surface area contributed by atoms with Crippen LogP contribution in [0.5, 0.6) is 0 Å². The van der Waals surface area contributed by atoms with Crippen molar-refractivity contribution in [3.8, 4) is 0 Å². The Hall–Kier alpha value is -2.53. The molecule has 10 nitrogen and oxygen atoms in total. The molecule has 0 bridgehead atoms. The zero-order chi connectivity index (χ0) is 19.5. The predicted octanol–water partition coefficient (Wildman–Crippen LogP) is -0.240. The molecular formula is C15H23N7O3S. The molecule has 2 aromatic rings. The number of hydrogen-bond donors (Lipinski definition) is 1. The van der Waals surface area contributed by atoms with Gasteiger partial charge in [0.2, 0.25) is 21.9 Å². The average molecular weight is 381 g/mol. The highest BCUT2D eigenvalue weighted by atomic mass is 32.2. The molecule has 0 aliphatic heterocycles. The van der Waals surface area contributed by atoms with E-state index < -0.39 is 10.0 Å². The monoisotopic (exact) mass is 381 g/mol. The number of aromatic nitrogens is 4. The summed E-state index contributed by atoms with van der Waals surface area (Å²) in [6.45, 7) is 4.18. The van der Waals surface area contributed by atoms with Gasteiger partial charge in [-0.1, -0.05) is 13.8 Å². The molecule has 2 aromatic heterocycles. The smallest absolute Gasteiger partial charge is 0.251 e. The van der Waals surface area contributed by atoms with Crippen LogP contribution in [0.25, 0.3) is 0 Å². The molecule has 0 spiro atoms. The van der Waals surface area contributed by atoms with Gasteiger partial charge in [0.25, 0.3) is 5.56 Å². The Bertz CT molecular complexity index is 936. The average Bonchev–Trinajstić information content (AvgIpc) is 2.57. The van der Waals surface area contributed by atoms with Gasteiger partial charge >= 0.3 is 0 Å². The quantitative estimate of drug-likeness (QED) is 0.696. The summed E-state index contributed by atoms with van der Waals surface area (Å²) in [4.78, 5) is 26.1. The van der Waals surface area contributed by atoms with E-state index in [2.05, 4.69) is 15.0 Å². The third kappa shape index (κ3) is 4.17. The van der Waals surface area contributed by atoms with Crippen molar-refractivity contribution in [3.05, 3.63) is 34.5 Å². The lowest BCUT2D eigenvalue weighted by Crippen LogP contribution is -2.32. The van der Waals surface area contributed by atoms with E-state index in [0.717, 1.165) is 0 Å². The first-order valence-corrected chi connectivity index (χ1v) is 9.51. The van der Waals surface area contributed by atoms with Crippen molar-refractivity contribution in [1.82, 2.24) is 23.8 Å². The van der Waals surface area contributed by atoms with E-state index in [9.17, 15) is 13.2 Å². The Morgan fingerprint density at radius 1 is 1.12 bits per heavy atom. The molecule has 142 valence electrons. The molecule has 0 saturated carbocycles. The highest BCUT2D eigenvalue weighted by molar-refractivity contribution is 7.89. The van der Waals surface area contributed by atoms with Crippen LogP contribution in [0.4, 0.5) is 11.9 Å². The van der Waals surface area contributed by atoms with Gasteiger partial charge in [0.05, 0.1) is 11.4 Å². The summed E-state index contributed by atoms with van der Waals surface area (Å²) >= 11 is 0. The summed E-state index contributed by atoms with van der Waals surface area (Å²) in [7, 11) is -0.171. The first kappa shape index (κ1) is 19.8. The summed E-state index contributed by atoms with van der Waals surface area (Å²) in [5.74, 6) is 0.645. The fraction of sp³-hybridized carbons (Fsp3) is 0.467. The summed E-state index contributed by atoms with van der Waals surface area (Å²) in [5.41, 5.74) is 5.32. The minimum Gasteiger partial charge on any atom is -0.368 e. The second-order valence-electron chi connectivity index (χ2n) is 5.72. The lowest BCUT2D eigenvalue weighted by atomic mass is 10.4. The first-order valence-electron chi connectivity index (χ1n) is 8.07. The van der Waals surface area contributed by atoms with Crippen LogP contribution in [0.3, 0.4) is 0 Å². The van der Waals surface area contributed by atoms with Crippen LogP contribution in [0.1, 0.15) is 19.7 Å². The van der Waals surface area contributed by atoms with Gasteiger partial charge in [0.1, 0.15) is 0 Å². The second kappa shape index (κ2) is 7.79. The SMILES string of the molecule is CCN(CC)S(=O)(=O)c1ccc(=O)n(Cc2nc(N)nc(N(C)C)n2)c1. The van der Waals surface area contributed by atoms with Gasteiger partial charge in [0.15, 0.2) is 5.82 Å². The molecule has 11 heteroatoms. The molecule has 0 atom stereocenters. The Morgan fingerprint density at radius 2 is 1.77 bits per heavy atom. The van der Waals surface area contributed by atoms with Crippen molar-refractivity contribution >= 4 is 21.9 Å². The molecule has 2 heterocycles. The normalized spacial score (nSPS) is 11.7. The molecule has 0 unspecified atom stereocenters. The first-order chi connectivity index (χ1) is 12.2. The summed E-state index contributed by atoms with van der Waals surface area (Å²) in [6.07, 6.45) is 1.30. The number of nitrogens with zero attached hydrogens (tertiary/aromatic N) is 6. The van der Waals surface area contributed by atoms with E-state index >= 15 is 0 Å². The molecule has 0 aromatic carbocycles. The number of nitrogens with two attached hydrogens (primary N) is 1. The third-order valence-electron chi connectivity index (χ3n) is 3.70. The number of hydrogen-bond acceptors (Lipinski definition) is 8. The molecule has 0 aliphatic carbocycles. The molecule has 0 fully saturated rings. The Morgan fingerprint density at radius 3 is 2.35 bits per heavy atom. The number of nitrogen functional groups attached to an aromatic ring is 1. The van der Waals surface area contributed by atoms with Crippen LogP contribution >= 0.6 is 0 Å². The molecule has 0 amide bonds. The molecule has 26 heavy (non-hydrogen) atoms. The molecule has 0 saturated heterocycles. The lowest BCUT2D eigenvalue weighted by molar-refractivity contribution is 0.444. The van der Waals surface area contributed by atoms with Gasteiger partial charge in [-0.15, -0.1) is 0 Å². The van der Waals surface area contributed by atoms with E-state index in [0.29, 0.717) is 19.0 Å². The Balaban J connectivity index is 2.45. The van der Waals surface area contributed by atoms with Crippen molar-refractivity contribution in [2.45, 2.75) is 25.3 Å². The standard InChI is InChI=1S/C15H23N7O3S/c1-5-22(6-2)26(24,25)11-7-8-13(23)21(9-11)10-12-17-14(16)19-15(18-12)20(3)4/h7-9H,5-6,10H2,1-4H3,(H2,16,17,18,19). The lowest BCUT2D eigenvalue weighted by Gasteiger charge is -2.19. The van der Waals surface area contributed by atoms with E-state index in [1.54, 1.807) is 32.8 Å². The highest BCUT2D eigenvalue weighted by Crippen LogP contribution is 2.14. The number of rotatable bonds is 7. The van der Waals surface area contributed by atoms with Crippen molar-refractivity contribution in [2.75, 3.05) is 37.8 Å². The van der Waals surface area contributed by atoms with Crippen LogP contribution in [-0.4, -0.2) is 59.4 Å². The molecule has 0 aliphatic rings. The van der Waals surface area contributed by atoms with Crippen LogP contribution in [0.2, 0.25) is 0 Å². The summed E-state index contributed by atoms with van der Waals surface area (Å²) < 4.78 is 27.9. The predicted molar refractivity (Wildman–Crippen MR) is 98.5 cm³/mol. The Kier molecular flexibility index (Phi) is 5.93. The summed E-state index contributed by atoms with van der Waals surface area (Å²) in [5, 5.41) is 0. The molecule has 2 N–H and O–H groups in total. The zero-order valence-electron chi connectivity index (χ0n) is 15.2. The minimum absolute atomic E-state index is 0.0198. The third-order valence-corrected chi connectivity index (χ3v) is 5.73. The van der Waals surface area contributed by atoms with E-state index in [1.165, 1.54) is 27.2 Å². The number of sulfonamides is 1. The highest BCUT2D eigenvalue weighted by Gasteiger charge is 2.22. The number of pyridine rings is 1. The van der Waals surface area contributed by atoms with Crippen molar-refractivity contribution in [3.63, 3.8) is 0 Å².